The van der Waals surface area contributed by atoms with Crippen molar-refractivity contribution >= 4 is 10.8 Å². The van der Waals surface area contributed by atoms with E-state index in [9.17, 15) is 0 Å². The topological polar surface area (TPSA) is 77.3 Å². The molecule has 50 heavy (non-hydrogen) atoms. The largest absolute Gasteiger partial charge is 0.208 e. The van der Waals surface area contributed by atoms with Gasteiger partial charge in [0.1, 0.15) is 0 Å². The fourth-order valence-corrected chi connectivity index (χ4v) is 5.86. The van der Waals surface area contributed by atoms with Gasteiger partial charge in [0, 0.05) is 33.4 Å². The average Bonchev–Trinajstić information content (AvgIpc) is 3.15. The van der Waals surface area contributed by atoms with Crippen LogP contribution in [0.5, 0.6) is 0 Å². The molecule has 0 amide bonds. The fourth-order valence-electron chi connectivity index (χ4n) is 5.86. The Balaban J connectivity index is 1.21. The van der Waals surface area contributed by atoms with E-state index in [1.165, 1.54) is 22.3 Å². The lowest BCUT2D eigenvalue weighted by Crippen LogP contribution is -2.01. The number of fused-ring (bicyclic) bond motifs is 1. The summed E-state index contributed by atoms with van der Waals surface area (Å²) in [6.45, 7) is 8.31. The van der Waals surface area contributed by atoms with Crippen LogP contribution in [0, 0.1) is 27.7 Å². The smallest absolute Gasteiger partial charge is 0.164 e. The van der Waals surface area contributed by atoms with Crippen molar-refractivity contribution in [2.75, 3.05) is 0 Å². The maximum absolute atomic E-state index is 4.96. The van der Waals surface area contributed by atoms with Gasteiger partial charge >= 0.3 is 0 Å². The maximum Gasteiger partial charge on any atom is 0.164 e. The second-order valence-corrected chi connectivity index (χ2v) is 12.9. The zero-order chi connectivity index (χ0) is 34.2. The molecule has 0 fully saturated rings. The molecule has 0 bridgehead atoms. The molecule has 0 radical (unpaired) electrons. The molecule has 0 saturated carbocycles. The molecule has 2 aromatic heterocycles. The average molecular weight is 647 g/mol. The zero-order valence-electron chi connectivity index (χ0n) is 28.4. The molecule has 6 aromatic carbocycles. The van der Waals surface area contributed by atoms with Gasteiger partial charge in [0.15, 0.2) is 34.9 Å². The Bertz CT molecular complexity index is 2180. The standard InChI is InChI=1S/C44H34N6/c1-27-5-13-31(14-6-27)39-45-40(32-15-7-28(2)8-16-32)48-43(47-39)37-23-21-36-26-38(24-22-35(36)25-37)44-49-41(33-17-9-29(3)10-18-33)46-42(50-44)34-19-11-30(4)12-20-34/h5-26H,1-4H3. The molecule has 0 aliphatic heterocycles. The summed E-state index contributed by atoms with van der Waals surface area (Å²) in [6.07, 6.45) is 0. The highest BCUT2D eigenvalue weighted by atomic mass is 15.0. The summed E-state index contributed by atoms with van der Waals surface area (Å²) in [4.78, 5) is 29.6. The van der Waals surface area contributed by atoms with Crippen LogP contribution in [-0.2, 0) is 0 Å². The van der Waals surface area contributed by atoms with Crippen LogP contribution in [0.4, 0.5) is 0 Å². The van der Waals surface area contributed by atoms with Gasteiger partial charge in [-0.1, -0.05) is 144 Å². The van der Waals surface area contributed by atoms with Crippen LogP contribution in [-0.4, -0.2) is 29.9 Å². The van der Waals surface area contributed by atoms with Crippen LogP contribution in [0.15, 0.2) is 133 Å². The number of aromatic nitrogens is 6. The molecule has 6 heteroatoms. The van der Waals surface area contributed by atoms with Crippen molar-refractivity contribution in [1.29, 1.82) is 0 Å². The predicted octanol–water partition coefficient (Wildman–Crippen LogP) is 10.4. The highest BCUT2D eigenvalue weighted by Gasteiger charge is 2.15. The number of hydrogen-bond acceptors (Lipinski definition) is 6. The van der Waals surface area contributed by atoms with E-state index in [4.69, 9.17) is 29.9 Å². The van der Waals surface area contributed by atoms with Gasteiger partial charge in [-0.15, -0.1) is 0 Å². The van der Waals surface area contributed by atoms with Crippen molar-refractivity contribution in [3.8, 4) is 68.3 Å². The third kappa shape index (κ3) is 6.39. The molecular weight excluding hydrogens is 613 g/mol. The summed E-state index contributed by atoms with van der Waals surface area (Å²) < 4.78 is 0. The first-order valence-electron chi connectivity index (χ1n) is 16.7. The molecule has 0 aliphatic rings. The molecule has 240 valence electrons. The van der Waals surface area contributed by atoms with Crippen LogP contribution in [0.1, 0.15) is 22.3 Å². The minimum atomic E-state index is 0.625. The maximum atomic E-state index is 4.96. The van der Waals surface area contributed by atoms with E-state index < -0.39 is 0 Å². The monoisotopic (exact) mass is 646 g/mol. The van der Waals surface area contributed by atoms with Crippen molar-refractivity contribution in [3.05, 3.63) is 156 Å². The van der Waals surface area contributed by atoms with Gasteiger partial charge in [-0.3, -0.25) is 0 Å². The lowest BCUT2D eigenvalue weighted by molar-refractivity contribution is 1.07. The fraction of sp³-hybridized carbons (Fsp3) is 0.0909. The van der Waals surface area contributed by atoms with Crippen molar-refractivity contribution < 1.29 is 0 Å². The number of aryl methyl sites for hydroxylation is 4. The second-order valence-electron chi connectivity index (χ2n) is 12.9. The van der Waals surface area contributed by atoms with E-state index in [2.05, 4.69) is 161 Å². The first-order chi connectivity index (χ1) is 24.3. The first-order valence-corrected chi connectivity index (χ1v) is 16.7. The molecule has 0 saturated heterocycles. The molecule has 0 atom stereocenters. The molecule has 8 aromatic rings. The van der Waals surface area contributed by atoms with Gasteiger partial charge in [-0.2, -0.15) is 0 Å². The van der Waals surface area contributed by atoms with Crippen molar-refractivity contribution in [2.24, 2.45) is 0 Å². The molecule has 2 heterocycles. The first kappa shape index (κ1) is 30.9. The Morgan fingerprint density at radius 3 is 0.680 bits per heavy atom. The van der Waals surface area contributed by atoms with Gasteiger partial charge in [-0.05, 0) is 50.6 Å². The second kappa shape index (κ2) is 12.9. The summed E-state index contributed by atoms with van der Waals surface area (Å²) >= 11 is 0. The van der Waals surface area contributed by atoms with Gasteiger partial charge in [0.2, 0.25) is 0 Å². The van der Waals surface area contributed by atoms with Crippen molar-refractivity contribution in [2.45, 2.75) is 27.7 Å². The molecule has 0 unspecified atom stereocenters. The van der Waals surface area contributed by atoms with Crippen LogP contribution < -0.4 is 0 Å². The highest BCUT2D eigenvalue weighted by molar-refractivity contribution is 5.90. The minimum Gasteiger partial charge on any atom is -0.208 e. The quantitative estimate of drug-likeness (QED) is 0.179. The molecule has 8 rings (SSSR count). The number of rotatable bonds is 6. The van der Waals surface area contributed by atoms with Gasteiger partial charge in [0.05, 0.1) is 0 Å². The Morgan fingerprint density at radius 2 is 0.440 bits per heavy atom. The normalized spacial score (nSPS) is 11.2. The lowest BCUT2D eigenvalue weighted by Gasteiger charge is -2.11. The SMILES string of the molecule is Cc1ccc(-c2nc(-c3ccc(C)cc3)nc(-c3ccc4cc(-c5nc(-c6ccc(C)cc6)nc(-c6ccc(C)cc6)n5)ccc4c3)n2)cc1. The minimum absolute atomic E-state index is 0.625. The Morgan fingerprint density at radius 1 is 0.240 bits per heavy atom. The summed E-state index contributed by atoms with van der Waals surface area (Å²) in [6, 6.07) is 45.8. The highest BCUT2D eigenvalue weighted by Crippen LogP contribution is 2.31. The van der Waals surface area contributed by atoms with E-state index in [0.29, 0.717) is 34.9 Å². The summed E-state index contributed by atoms with van der Waals surface area (Å²) in [5, 5.41) is 2.12. The third-order valence-electron chi connectivity index (χ3n) is 8.87. The molecule has 0 spiro atoms. The molecule has 6 nitrogen and oxygen atoms in total. The van der Waals surface area contributed by atoms with Crippen molar-refractivity contribution in [3.63, 3.8) is 0 Å². The van der Waals surface area contributed by atoms with Crippen LogP contribution in [0.25, 0.3) is 79.1 Å². The number of nitrogens with zero attached hydrogens (tertiary/aromatic N) is 6. The summed E-state index contributed by atoms with van der Waals surface area (Å²) in [7, 11) is 0. The number of benzene rings is 6. The van der Waals surface area contributed by atoms with Crippen LogP contribution in [0.3, 0.4) is 0 Å². The Kier molecular flexibility index (Phi) is 7.97. The van der Waals surface area contributed by atoms with Gasteiger partial charge < -0.3 is 0 Å². The van der Waals surface area contributed by atoms with Gasteiger partial charge in [0.25, 0.3) is 0 Å². The Labute approximate surface area is 291 Å². The Hall–Kier alpha value is -6.40. The predicted molar refractivity (Wildman–Crippen MR) is 202 cm³/mol. The summed E-state index contributed by atoms with van der Waals surface area (Å²) in [5.74, 6) is 3.82. The van der Waals surface area contributed by atoms with E-state index >= 15 is 0 Å². The van der Waals surface area contributed by atoms with Crippen LogP contribution in [0.2, 0.25) is 0 Å². The zero-order valence-corrected chi connectivity index (χ0v) is 28.4. The van der Waals surface area contributed by atoms with E-state index in [0.717, 1.165) is 44.2 Å². The third-order valence-corrected chi connectivity index (χ3v) is 8.87. The number of hydrogen-bond donors (Lipinski definition) is 0. The van der Waals surface area contributed by atoms with E-state index in [-0.39, 0.29) is 0 Å². The molecular formula is C44H34N6. The van der Waals surface area contributed by atoms with E-state index in [1.54, 1.807) is 0 Å². The molecule has 0 aliphatic carbocycles. The molecule has 0 N–H and O–H groups in total. The summed E-state index contributed by atoms with van der Waals surface area (Å²) in [5.41, 5.74) is 10.4. The van der Waals surface area contributed by atoms with Gasteiger partial charge in [-0.25, -0.2) is 29.9 Å². The lowest BCUT2D eigenvalue weighted by atomic mass is 10.0. The van der Waals surface area contributed by atoms with Crippen LogP contribution >= 0.6 is 0 Å². The van der Waals surface area contributed by atoms with Crippen molar-refractivity contribution in [1.82, 2.24) is 29.9 Å². The van der Waals surface area contributed by atoms with E-state index in [1.807, 2.05) is 0 Å².